The predicted octanol–water partition coefficient (Wildman–Crippen LogP) is 5.47. The lowest BCUT2D eigenvalue weighted by molar-refractivity contribution is 0.386. The molecule has 18 heavy (non-hydrogen) atoms. The Morgan fingerprint density at radius 1 is 1.06 bits per heavy atom. The van der Waals surface area contributed by atoms with E-state index >= 15 is 0 Å². The van der Waals surface area contributed by atoms with Gasteiger partial charge >= 0.3 is 0 Å². The van der Waals surface area contributed by atoms with E-state index in [1.165, 1.54) is 24.0 Å². The second-order valence-electron chi connectivity index (χ2n) is 6.24. The van der Waals surface area contributed by atoms with Crippen molar-refractivity contribution in [3.8, 4) is 0 Å². The molecule has 0 aliphatic heterocycles. The van der Waals surface area contributed by atoms with Crippen molar-refractivity contribution in [2.45, 2.75) is 47.5 Å². The van der Waals surface area contributed by atoms with Crippen LogP contribution in [0.15, 0.2) is 29.8 Å². The van der Waals surface area contributed by atoms with Crippen molar-refractivity contribution in [1.29, 1.82) is 0 Å². The monoisotopic (exact) mass is 242 g/mol. The third-order valence-corrected chi connectivity index (χ3v) is 4.69. The molecule has 0 nitrogen and oxygen atoms in total. The van der Waals surface area contributed by atoms with Gasteiger partial charge in [-0.2, -0.15) is 0 Å². The highest BCUT2D eigenvalue weighted by molar-refractivity contribution is 5.73. The SMILES string of the molecule is CC1=C(c2ccccc2C)C(C(C)C)CC[C@H]1C. The van der Waals surface area contributed by atoms with Gasteiger partial charge in [-0.1, -0.05) is 50.6 Å². The number of rotatable bonds is 2. The van der Waals surface area contributed by atoms with Gasteiger partial charge in [-0.25, -0.2) is 0 Å². The third kappa shape index (κ3) is 2.39. The van der Waals surface area contributed by atoms with E-state index in [0.29, 0.717) is 0 Å². The Bertz CT molecular complexity index is 451. The molecular formula is C18H26. The molecule has 0 spiro atoms. The molecule has 0 heterocycles. The summed E-state index contributed by atoms with van der Waals surface area (Å²) in [7, 11) is 0. The molecule has 0 N–H and O–H groups in total. The average molecular weight is 242 g/mol. The number of aryl methyl sites for hydroxylation is 1. The minimum atomic E-state index is 0.738. The molecule has 0 fully saturated rings. The molecule has 1 aliphatic carbocycles. The van der Waals surface area contributed by atoms with Crippen LogP contribution in [0.1, 0.15) is 51.7 Å². The standard InChI is InChI=1S/C18H26/c1-12(2)16-11-10-13(3)15(5)18(16)17-9-7-6-8-14(17)4/h6-9,12-13,16H,10-11H2,1-5H3/t13-,16?/m1/s1. The van der Waals surface area contributed by atoms with Crippen LogP contribution < -0.4 is 0 Å². The molecule has 1 aromatic carbocycles. The molecule has 0 amide bonds. The smallest absolute Gasteiger partial charge is 0.0133 e. The lowest BCUT2D eigenvalue weighted by atomic mass is 9.70. The minimum Gasteiger partial charge on any atom is -0.0664 e. The third-order valence-electron chi connectivity index (χ3n) is 4.69. The van der Waals surface area contributed by atoms with Gasteiger partial charge in [-0.15, -0.1) is 0 Å². The van der Waals surface area contributed by atoms with Crippen LogP contribution in [0.3, 0.4) is 0 Å². The number of allylic oxidation sites excluding steroid dienone is 2. The molecule has 1 unspecified atom stereocenters. The fourth-order valence-corrected chi connectivity index (χ4v) is 3.30. The predicted molar refractivity (Wildman–Crippen MR) is 80.5 cm³/mol. The van der Waals surface area contributed by atoms with E-state index in [1.54, 1.807) is 11.1 Å². The lowest BCUT2D eigenvalue weighted by Crippen LogP contribution is -2.20. The van der Waals surface area contributed by atoms with E-state index in [-0.39, 0.29) is 0 Å². The van der Waals surface area contributed by atoms with Gasteiger partial charge in [0.15, 0.2) is 0 Å². The van der Waals surface area contributed by atoms with E-state index in [2.05, 4.69) is 58.9 Å². The second-order valence-corrected chi connectivity index (χ2v) is 6.24. The molecule has 0 radical (unpaired) electrons. The zero-order valence-electron chi connectivity index (χ0n) is 12.5. The average Bonchev–Trinajstić information content (AvgIpc) is 2.33. The fourth-order valence-electron chi connectivity index (χ4n) is 3.30. The summed E-state index contributed by atoms with van der Waals surface area (Å²) in [5.74, 6) is 2.22. The van der Waals surface area contributed by atoms with Crippen LogP contribution >= 0.6 is 0 Å². The van der Waals surface area contributed by atoms with Crippen LogP contribution in [0.25, 0.3) is 5.57 Å². The summed E-state index contributed by atoms with van der Waals surface area (Å²) in [6, 6.07) is 8.87. The van der Waals surface area contributed by atoms with Gasteiger partial charge in [-0.05, 0) is 61.1 Å². The fraction of sp³-hybridized carbons (Fsp3) is 0.556. The van der Waals surface area contributed by atoms with Gasteiger partial charge in [0.25, 0.3) is 0 Å². The summed E-state index contributed by atoms with van der Waals surface area (Å²) in [6.45, 7) is 11.7. The van der Waals surface area contributed by atoms with Gasteiger partial charge in [0.1, 0.15) is 0 Å². The van der Waals surface area contributed by atoms with Gasteiger partial charge in [-0.3, -0.25) is 0 Å². The Morgan fingerprint density at radius 3 is 2.33 bits per heavy atom. The Hall–Kier alpha value is -1.04. The molecule has 1 aromatic rings. The molecule has 1 aliphatic rings. The molecule has 0 aromatic heterocycles. The first-order chi connectivity index (χ1) is 8.52. The van der Waals surface area contributed by atoms with Crippen LogP contribution in [-0.2, 0) is 0 Å². The van der Waals surface area contributed by atoms with E-state index in [0.717, 1.165) is 17.8 Å². The maximum absolute atomic E-state index is 2.38. The minimum absolute atomic E-state index is 0.738. The van der Waals surface area contributed by atoms with Crippen LogP contribution in [0.2, 0.25) is 0 Å². The first-order valence-electron chi connectivity index (χ1n) is 7.29. The summed E-state index contributed by atoms with van der Waals surface area (Å²) in [5, 5.41) is 0. The van der Waals surface area contributed by atoms with Gasteiger partial charge in [0, 0.05) is 0 Å². The Labute approximate surface area is 112 Å². The highest BCUT2D eigenvalue weighted by atomic mass is 14.3. The summed E-state index contributed by atoms with van der Waals surface area (Å²) in [4.78, 5) is 0. The first kappa shape index (κ1) is 13.4. The largest absolute Gasteiger partial charge is 0.0664 e. The molecular weight excluding hydrogens is 216 g/mol. The maximum Gasteiger partial charge on any atom is -0.0133 e. The highest BCUT2D eigenvalue weighted by Gasteiger charge is 2.28. The summed E-state index contributed by atoms with van der Waals surface area (Å²) in [5.41, 5.74) is 6.17. The normalized spacial score (nSPS) is 24.8. The Kier molecular flexibility index (Phi) is 3.94. The molecule has 0 saturated heterocycles. The van der Waals surface area contributed by atoms with Crippen molar-refractivity contribution in [3.63, 3.8) is 0 Å². The van der Waals surface area contributed by atoms with Crippen molar-refractivity contribution < 1.29 is 0 Å². The van der Waals surface area contributed by atoms with Crippen LogP contribution in [0, 0.1) is 24.7 Å². The molecule has 2 rings (SSSR count). The maximum atomic E-state index is 2.38. The van der Waals surface area contributed by atoms with Gasteiger partial charge in [0.2, 0.25) is 0 Å². The van der Waals surface area contributed by atoms with Crippen molar-refractivity contribution in [3.05, 3.63) is 41.0 Å². The number of hydrogen-bond donors (Lipinski definition) is 0. The van der Waals surface area contributed by atoms with Crippen molar-refractivity contribution >= 4 is 5.57 Å². The summed E-state index contributed by atoms with van der Waals surface area (Å²) in [6.07, 6.45) is 2.70. The van der Waals surface area contributed by atoms with E-state index in [4.69, 9.17) is 0 Å². The second kappa shape index (κ2) is 5.30. The van der Waals surface area contributed by atoms with Crippen molar-refractivity contribution in [2.75, 3.05) is 0 Å². The van der Waals surface area contributed by atoms with Gasteiger partial charge in [0.05, 0.1) is 0 Å². The molecule has 98 valence electrons. The molecule has 0 heteroatoms. The van der Waals surface area contributed by atoms with E-state index in [1.807, 2.05) is 0 Å². The Morgan fingerprint density at radius 2 is 1.72 bits per heavy atom. The van der Waals surface area contributed by atoms with Gasteiger partial charge < -0.3 is 0 Å². The molecule has 0 saturated carbocycles. The van der Waals surface area contributed by atoms with Crippen LogP contribution in [0.4, 0.5) is 0 Å². The van der Waals surface area contributed by atoms with Crippen molar-refractivity contribution in [2.24, 2.45) is 17.8 Å². The first-order valence-corrected chi connectivity index (χ1v) is 7.29. The molecule has 0 bridgehead atoms. The van der Waals surface area contributed by atoms with E-state index < -0.39 is 0 Å². The van der Waals surface area contributed by atoms with Crippen LogP contribution in [0.5, 0.6) is 0 Å². The molecule has 2 atom stereocenters. The topological polar surface area (TPSA) is 0 Å². The Balaban J connectivity index is 2.55. The number of hydrogen-bond acceptors (Lipinski definition) is 0. The zero-order chi connectivity index (χ0) is 13.3. The zero-order valence-corrected chi connectivity index (χ0v) is 12.5. The van der Waals surface area contributed by atoms with Crippen molar-refractivity contribution in [1.82, 2.24) is 0 Å². The lowest BCUT2D eigenvalue weighted by Gasteiger charge is -2.34. The summed E-state index contributed by atoms with van der Waals surface area (Å²) >= 11 is 0. The quantitative estimate of drug-likeness (QED) is 0.645. The highest BCUT2D eigenvalue weighted by Crippen LogP contribution is 2.43. The number of benzene rings is 1. The van der Waals surface area contributed by atoms with Crippen LogP contribution in [-0.4, -0.2) is 0 Å². The van der Waals surface area contributed by atoms with E-state index in [9.17, 15) is 0 Å². The summed E-state index contributed by atoms with van der Waals surface area (Å²) < 4.78 is 0.